The van der Waals surface area contributed by atoms with Gasteiger partial charge < -0.3 is 0 Å². The molecular weight excluding hydrogens is 204 g/mol. The van der Waals surface area contributed by atoms with Gasteiger partial charge in [0, 0.05) is 0 Å². The van der Waals surface area contributed by atoms with E-state index in [9.17, 15) is 0 Å². The molecule has 0 saturated heterocycles. The van der Waals surface area contributed by atoms with Crippen LogP contribution in [0.2, 0.25) is 0 Å². The Morgan fingerprint density at radius 2 is 1.06 bits per heavy atom. The van der Waals surface area contributed by atoms with Crippen molar-refractivity contribution in [3.05, 3.63) is 6.42 Å². The molecule has 1 radical (unpaired) electrons. The fraction of sp³-hybridized carbons (Fsp3) is 0.941. The largest absolute Gasteiger partial charge is 0.0654 e. The second-order valence-corrected chi connectivity index (χ2v) is 5.52. The summed E-state index contributed by atoms with van der Waals surface area (Å²) in [6, 6.07) is 0. The predicted octanol–water partition coefficient (Wildman–Crippen LogP) is 6.40. The summed E-state index contributed by atoms with van der Waals surface area (Å²) in [6.07, 6.45) is 16.6. The van der Waals surface area contributed by atoms with Crippen molar-refractivity contribution >= 4 is 0 Å². The van der Waals surface area contributed by atoms with Crippen molar-refractivity contribution < 1.29 is 0 Å². The van der Waals surface area contributed by atoms with Gasteiger partial charge in [0.1, 0.15) is 0 Å². The molecule has 0 heteroatoms. The van der Waals surface area contributed by atoms with E-state index < -0.39 is 0 Å². The van der Waals surface area contributed by atoms with E-state index >= 15 is 0 Å². The van der Waals surface area contributed by atoms with Crippen LogP contribution in [-0.2, 0) is 0 Å². The van der Waals surface area contributed by atoms with E-state index in [1.165, 1.54) is 64.2 Å². The van der Waals surface area contributed by atoms with Gasteiger partial charge in [-0.05, 0) is 18.3 Å². The zero-order chi connectivity index (χ0) is 12.9. The molecule has 0 N–H and O–H groups in total. The summed E-state index contributed by atoms with van der Waals surface area (Å²) in [5, 5.41) is 0. The van der Waals surface area contributed by atoms with E-state index in [4.69, 9.17) is 0 Å². The molecule has 2 atom stereocenters. The highest BCUT2D eigenvalue weighted by Gasteiger charge is 2.13. The van der Waals surface area contributed by atoms with Crippen molar-refractivity contribution in [1.29, 1.82) is 0 Å². The third kappa shape index (κ3) is 9.68. The molecule has 0 saturated carbocycles. The summed E-state index contributed by atoms with van der Waals surface area (Å²) in [5.74, 6) is 1.77. The molecule has 0 aromatic rings. The summed E-state index contributed by atoms with van der Waals surface area (Å²) in [4.78, 5) is 0. The van der Waals surface area contributed by atoms with Crippen molar-refractivity contribution in [2.75, 3.05) is 0 Å². The van der Waals surface area contributed by atoms with E-state index in [-0.39, 0.29) is 0 Å². The van der Waals surface area contributed by atoms with Crippen LogP contribution in [0.4, 0.5) is 0 Å². The first-order valence-corrected chi connectivity index (χ1v) is 8.13. The molecule has 0 aromatic carbocycles. The van der Waals surface area contributed by atoms with Crippen molar-refractivity contribution in [2.45, 2.75) is 91.9 Å². The summed E-state index contributed by atoms with van der Waals surface area (Å²) in [6.45, 7) is 9.30. The smallest absolute Gasteiger partial charge is 0.0324 e. The summed E-state index contributed by atoms with van der Waals surface area (Å²) in [7, 11) is 0. The third-order valence-electron chi connectivity index (χ3n) is 3.95. The zero-order valence-electron chi connectivity index (χ0n) is 12.8. The number of unbranched alkanes of at least 4 members (excludes halogenated alkanes) is 4. The molecule has 0 aromatic heterocycles. The Hall–Kier alpha value is 0. The van der Waals surface area contributed by atoms with E-state index in [1.54, 1.807) is 0 Å². The number of rotatable bonds is 12. The highest BCUT2D eigenvalue weighted by Crippen LogP contribution is 2.26. The lowest BCUT2D eigenvalue weighted by Crippen LogP contribution is -2.09. The normalized spacial score (nSPS) is 14.8. The Kier molecular flexibility index (Phi) is 12.5. The molecule has 17 heavy (non-hydrogen) atoms. The van der Waals surface area contributed by atoms with Crippen LogP contribution in [0.15, 0.2) is 0 Å². The van der Waals surface area contributed by atoms with Gasteiger partial charge in [-0.1, -0.05) is 91.9 Å². The maximum atomic E-state index is 2.69. The first kappa shape index (κ1) is 17.0. The third-order valence-corrected chi connectivity index (χ3v) is 3.95. The average Bonchev–Trinajstić information content (AvgIpc) is 2.36. The van der Waals surface area contributed by atoms with Crippen LogP contribution in [0.25, 0.3) is 0 Å². The van der Waals surface area contributed by atoms with Gasteiger partial charge in [-0.3, -0.25) is 0 Å². The molecule has 0 spiro atoms. The van der Waals surface area contributed by atoms with Crippen molar-refractivity contribution in [3.8, 4) is 0 Å². The minimum Gasteiger partial charge on any atom is -0.0654 e. The lowest BCUT2D eigenvalue weighted by Gasteiger charge is -2.21. The standard InChI is InChI=1S/C17H35/c1-5-9-11-13-16(7-3)15-17(8-4)14-12-10-6-2/h15-17H,5-14H2,1-4H3. The summed E-state index contributed by atoms with van der Waals surface area (Å²) < 4.78 is 0. The Balaban J connectivity index is 3.77. The van der Waals surface area contributed by atoms with E-state index in [0.717, 1.165) is 11.8 Å². The summed E-state index contributed by atoms with van der Waals surface area (Å²) >= 11 is 0. The maximum absolute atomic E-state index is 2.69. The van der Waals surface area contributed by atoms with Gasteiger partial charge in [-0.25, -0.2) is 0 Å². The molecule has 0 bridgehead atoms. The fourth-order valence-corrected chi connectivity index (χ4v) is 2.57. The van der Waals surface area contributed by atoms with E-state index in [1.807, 2.05) is 0 Å². The van der Waals surface area contributed by atoms with Crippen LogP contribution in [0.1, 0.15) is 91.9 Å². The number of hydrogen-bond acceptors (Lipinski definition) is 0. The van der Waals surface area contributed by atoms with E-state index in [2.05, 4.69) is 34.1 Å². The van der Waals surface area contributed by atoms with Crippen LogP contribution in [0, 0.1) is 18.3 Å². The fourth-order valence-electron chi connectivity index (χ4n) is 2.57. The molecule has 0 amide bonds. The van der Waals surface area contributed by atoms with Gasteiger partial charge in [0.05, 0.1) is 0 Å². The Morgan fingerprint density at radius 1 is 0.647 bits per heavy atom. The Bertz CT molecular complexity index is 123. The lowest BCUT2D eigenvalue weighted by molar-refractivity contribution is 0.402. The minimum atomic E-state index is 0.883. The minimum absolute atomic E-state index is 0.883. The molecular formula is C17H35. The Labute approximate surface area is 111 Å². The van der Waals surface area contributed by atoms with Crippen molar-refractivity contribution in [1.82, 2.24) is 0 Å². The van der Waals surface area contributed by atoms with Crippen LogP contribution in [0.5, 0.6) is 0 Å². The highest BCUT2D eigenvalue weighted by atomic mass is 14.2. The lowest BCUT2D eigenvalue weighted by atomic mass is 9.84. The second-order valence-electron chi connectivity index (χ2n) is 5.52. The average molecular weight is 239 g/mol. The van der Waals surface area contributed by atoms with Crippen molar-refractivity contribution in [2.24, 2.45) is 11.8 Å². The van der Waals surface area contributed by atoms with Gasteiger partial charge in [0.2, 0.25) is 0 Å². The van der Waals surface area contributed by atoms with Crippen LogP contribution >= 0.6 is 0 Å². The van der Waals surface area contributed by atoms with Crippen LogP contribution in [-0.4, -0.2) is 0 Å². The maximum Gasteiger partial charge on any atom is -0.0324 e. The topological polar surface area (TPSA) is 0 Å². The molecule has 0 aliphatic heterocycles. The molecule has 0 fully saturated rings. The van der Waals surface area contributed by atoms with Gasteiger partial charge in [0.25, 0.3) is 0 Å². The molecule has 0 aliphatic carbocycles. The van der Waals surface area contributed by atoms with Gasteiger partial charge >= 0.3 is 0 Å². The van der Waals surface area contributed by atoms with Crippen LogP contribution in [0.3, 0.4) is 0 Å². The van der Waals surface area contributed by atoms with Gasteiger partial charge in [-0.15, -0.1) is 0 Å². The zero-order valence-corrected chi connectivity index (χ0v) is 12.8. The SMILES string of the molecule is CCCCCC([CH]C(CC)CCCCC)CC. The molecule has 2 unspecified atom stereocenters. The molecule has 0 heterocycles. The molecule has 103 valence electrons. The molecule has 0 rings (SSSR count). The van der Waals surface area contributed by atoms with Gasteiger partial charge in [0.15, 0.2) is 0 Å². The molecule has 0 aliphatic rings. The molecule has 0 nitrogen and oxygen atoms in total. The summed E-state index contributed by atoms with van der Waals surface area (Å²) in [5.41, 5.74) is 0. The highest BCUT2D eigenvalue weighted by molar-refractivity contribution is 4.82. The first-order chi connectivity index (χ1) is 8.28. The monoisotopic (exact) mass is 239 g/mol. The second kappa shape index (κ2) is 12.5. The predicted molar refractivity (Wildman–Crippen MR) is 80.1 cm³/mol. The van der Waals surface area contributed by atoms with Crippen LogP contribution < -0.4 is 0 Å². The Morgan fingerprint density at radius 3 is 1.35 bits per heavy atom. The first-order valence-electron chi connectivity index (χ1n) is 8.13. The van der Waals surface area contributed by atoms with Gasteiger partial charge in [-0.2, -0.15) is 0 Å². The quantitative estimate of drug-likeness (QED) is 0.345. The van der Waals surface area contributed by atoms with Crippen molar-refractivity contribution in [3.63, 3.8) is 0 Å². The van der Waals surface area contributed by atoms with E-state index in [0.29, 0.717) is 0 Å². The number of hydrogen-bond donors (Lipinski definition) is 0.